The lowest BCUT2D eigenvalue weighted by molar-refractivity contribution is -0.991. The molecule has 4 rings (SSSR count). The fourth-order valence-corrected chi connectivity index (χ4v) is 2.68. The van der Waals surface area contributed by atoms with Crippen molar-refractivity contribution in [2.24, 2.45) is 7.05 Å². The van der Waals surface area contributed by atoms with E-state index in [4.69, 9.17) is 0 Å². The van der Waals surface area contributed by atoms with Gasteiger partial charge in [-0.2, -0.15) is 20.2 Å². The summed E-state index contributed by atoms with van der Waals surface area (Å²) in [5.74, 6) is 0. The quantitative estimate of drug-likeness (QED) is 0.522. The molecule has 0 fully saturated rings. The summed E-state index contributed by atoms with van der Waals surface area (Å²) in [7, 11) is 1.70. The molecule has 23 heavy (non-hydrogen) atoms. The van der Waals surface area contributed by atoms with Crippen LogP contribution in [0.25, 0.3) is 22.1 Å². The molecule has 0 bridgehead atoms. The van der Waals surface area contributed by atoms with Gasteiger partial charge in [0.25, 0.3) is 0 Å². The van der Waals surface area contributed by atoms with Gasteiger partial charge in [-0.05, 0) is 18.2 Å². The highest BCUT2D eigenvalue weighted by Crippen LogP contribution is 2.23. The largest absolute Gasteiger partial charge is 0.595 e. The molecular formula is C14H13N7O2. The molecule has 2 aromatic carbocycles. The Bertz CT molecular complexity index is 1000. The molecule has 116 valence electrons. The number of hydrogen-bond donors (Lipinski definition) is 2. The van der Waals surface area contributed by atoms with Crippen molar-refractivity contribution in [3.8, 4) is 0 Å². The fraction of sp³-hybridized carbons (Fsp3) is 0.143. The number of nitrogens with one attached hydrogen (secondary N) is 1. The first-order chi connectivity index (χ1) is 11.1. The topological polar surface area (TPSA) is 109 Å². The van der Waals surface area contributed by atoms with Crippen molar-refractivity contribution in [1.29, 1.82) is 0 Å². The highest BCUT2D eigenvalue weighted by molar-refractivity contribution is 5.82. The average molecular weight is 311 g/mol. The molecule has 2 N–H and O–H groups in total. The first-order valence-electron chi connectivity index (χ1n) is 6.98. The molecule has 0 aliphatic carbocycles. The van der Waals surface area contributed by atoms with Crippen LogP contribution in [0, 0.1) is 5.21 Å². The van der Waals surface area contributed by atoms with E-state index in [0.717, 1.165) is 11.0 Å². The summed E-state index contributed by atoms with van der Waals surface area (Å²) in [5, 5.41) is 36.8. The van der Waals surface area contributed by atoms with E-state index in [1.165, 1.54) is 4.80 Å². The molecule has 0 aliphatic rings. The summed E-state index contributed by atoms with van der Waals surface area (Å²) < 4.78 is 1.67. The van der Waals surface area contributed by atoms with Crippen LogP contribution in [0.3, 0.4) is 0 Å². The minimum atomic E-state index is -1.00. The molecule has 0 spiro atoms. The van der Waals surface area contributed by atoms with Crippen LogP contribution < -0.4 is 5.23 Å². The summed E-state index contributed by atoms with van der Waals surface area (Å²) in [5.41, 5.74) is 3.57. The summed E-state index contributed by atoms with van der Waals surface area (Å²) in [6, 6.07) is 10.7. The van der Waals surface area contributed by atoms with Crippen LogP contribution in [0.4, 0.5) is 5.69 Å². The van der Waals surface area contributed by atoms with Gasteiger partial charge in [-0.1, -0.05) is 17.3 Å². The Kier molecular flexibility index (Phi) is 3.05. The van der Waals surface area contributed by atoms with Crippen LogP contribution in [-0.4, -0.2) is 35.2 Å². The molecule has 4 aromatic rings. The molecular weight excluding hydrogens is 298 g/mol. The van der Waals surface area contributed by atoms with Gasteiger partial charge in [0.05, 0.1) is 17.6 Å². The molecule has 2 heterocycles. The summed E-state index contributed by atoms with van der Waals surface area (Å²) in [4.78, 5) is 1.43. The monoisotopic (exact) mass is 311 g/mol. The standard InChI is InChI=1S/C14H13N7O2/c1-19-16-11-6-7-12(21(22)23)9(14(11)17-19)8-20-13-5-3-2-4-10(13)15-18-20/h2-7,21-22H,8H2,1H3. The van der Waals surface area contributed by atoms with Crippen molar-refractivity contribution in [3.63, 3.8) is 0 Å². The maximum Gasteiger partial charge on any atom is 0.171 e. The number of benzene rings is 2. The third kappa shape index (κ3) is 2.23. The van der Waals surface area contributed by atoms with E-state index in [1.54, 1.807) is 23.9 Å². The number of hydrogen-bond acceptors (Lipinski definition) is 6. The van der Waals surface area contributed by atoms with Crippen molar-refractivity contribution in [2.45, 2.75) is 6.54 Å². The highest BCUT2D eigenvalue weighted by atomic mass is 16.8. The second-order valence-corrected chi connectivity index (χ2v) is 5.19. The summed E-state index contributed by atoms with van der Waals surface area (Å²) >= 11 is 0. The van der Waals surface area contributed by atoms with E-state index in [9.17, 15) is 10.4 Å². The average Bonchev–Trinajstić information content (AvgIpc) is 3.10. The van der Waals surface area contributed by atoms with Crippen LogP contribution in [0.1, 0.15) is 5.56 Å². The Balaban J connectivity index is 1.91. The third-order valence-corrected chi connectivity index (χ3v) is 3.72. The van der Waals surface area contributed by atoms with Crippen molar-refractivity contribution in [3.05, 3.63) is 47.2 Å². The third-order valence-electron chi connectivity index (χ3n) is 3.72. The lowest BCUT2D eigenvalue weighted by Crippen LogP contribution is -2.99. The number of fused-ring (bicyclic) bond motifs is 2. The number of aryl methyl sites for hydroxylation is 1. The van der Waals surface area contributed by atoms with E-state index in [0.29, 0.717) is 16.6 Å². The van der Waals surface area contributed by atoms with Gasteiger partial charge in [0, 0.05) is 13.1 Å². The van der Waals surface area contributed by atoms with Crippen LogP contribution in [0.15, 0.2) is 36.4 Å². The van der Waals surface area contributed by atoms with Gasteiger partial charge in [-0.3, -0.25) is 0 Å². The highest BCUT2D eigenvalue weighted by Gasteiger charge is 2.18. The normalized spacial score (nSPS) is 13.0. The zero-order chi connectivity index (χ0) is 16.0. The summed E-state index contributed by atoms with van der Waals surface area (Å²) in [6.45, 7) is 0.262. The zero-order valence-electron chi connectivity index (χ0n) is 12.2. The van der Waals surface area contributed by atoms with Gasteiger partial charge >= 0.3 is 0 Å². The van der Waals surface area contributed by atoms with Gasteiger partial charge in [0.2, 0.25) is 0 Å². The Morgan fingerprint density at radius 3 is 2.78 bits per heavy atom. The molecule has 0 saturated carbocycles. The number of quaternary nitrogens is 1. The van der Waals surface area contributed by atoms with Crippen LogP contribution in [-0.2, 0) is 13.6 Å². The van der Waals surface area contributed by atoms with E-state index in [1.807, 2.05) is 24.3 Å². The Morgan fingerprint density at radius 1 is 1.13 bits per heavy atom. The van der Waals surface area contributed by atoms with Crippen molar-refractivity contribution in [2.75, 3.05) is 0 Å². The first kappa shape index (κ1) is 13.8. The SMILES string of the molecule is Cn1nc2ccc([NH+]([O-])O)c(Cn3nnc4ccccc43)c2n1. The predicted octanol–water partition coefficient (Wildman–Crippen LogP) is 0.165. The van der Waals surface area contributed by atoms with Crippen LogP contribution in [0.5, 0.6) is 0 Å². The molecule has 9 heteroatoms. The number of aromatic nitrogens is 6. The second-order valence-electron chi connectivity index (χ2n) is 5.19. The van der Waals surface area contributed by atoms with Crippen molar-refractivity contribution in [1.82, 2.24) is 30.0 Å². The molecule has 9 nitrogen and oxygen atoms in total. The van der Waals surface area contributed by atoms with E-state index < -0.39 is 5.23 Å². The molecule has 0 saturated heterocycles. The van der Waals surface area contributed by atoms with E-state index >= 15 is 0 Å². The van der Waals surface area contributed by atoms with Gasteiger partial charge in [0.15, 0.2) is 5.69 Å². The van der Waals surface area contributed by atoms with Gasteiger partial charge in [-0.25, -0.2) is 9.89 Å². The van der Waals surface area contributed by atoms with E-state index in [-0.39, 0.29) is 12.2 Å². The molecule has 2 aromatic heterocycles. The summed E-state index contributed by atoms with van der Waals surface area (Å²) in [6.07, 6.45) is 0. The number of para-hydroxylation sites is 1. The van der Waals surface area contributed by atoms with Crippen LogP contribution >= 0.6 is 0 Å². The minimum absolute atomic E-state index is 0.192. The molecule has 1 unspecified atom stereocenters. The Hall–Kier alpha value is -2.88. The molecule has 0 aliphatic heterocycles. The predicted molar refractivity (Wildman–Crippen MR) is 80.9 cm³/mol. The second kappa shape index (κ2) is 5.09. The lowest BCUT2D eigenvalue weighted by atomic mass is 10.1. The smallest absolute Gasteiger partial charge is 0.171 e. The Labute approximate surface area is 129 Å². The number of nitrogens with zero attached hydrogens (tertiary/aromatic N) is 6. The maximum absolute atomic E-state index is 11.6. The zero-order valence-corrected chi connectivity index (χ0v) is 12.2. The lowest BCUT2D eigenvalue weighted by Gasteiger charge is -2.15. The van der Waals surface area contributed by atoms with Crippen LogP contribution in [0.2, 0.25) is 0 Å². The van der Waals surface area contributed by atoms with E-state index in [2.05, 4.69) is 20.5 Å². The van der Waals surface area contributed by atoms with Gasteiger partial charge < -0.3 is 5.21 Å². The molecule has 0 amide bonds. The van der Waals surface area contributed by atoms with Gasteiger partial charge in [0.1, 0.15) is 16.6 Å². The Morgan fingerprint density at radius 2 is 1.96 bits per heavy atom. The van der Waals surface area contributed by atoms with Crippen molar-refractivity contribution >= 4 is 27.8 Å². The van der Waals surface area contributed by atoms with Crippen molar-refractivity contribution < 1.29 is 10.4 Å². The van der Waals surface area contributed by atoms with Gasteiger partial charge in [-0.15, -0.1) is 5.10 Å². The minimum Gasteiger partial charge on any atom is -0.595 e. The molecule has 0 radical (unpaired) electrons. The fourth-order valence-electron chi connectivity index (χ4n) is 2.68. The number of rotatable bonds is 3. The maximum atomic E-state index is 11.6. The molecule has 1 atom stereocenters. The first-order valence-corrected chi connectivity index (χ1v) is 6.98.